The third-order valence-corrected chi connectivity index (χ3v) is 5.02. The number of nitrogens with zero attached hydrogens (tertiary/aromatic N) is 2. The molecule has 0 saturated carbocycles. The first-order valence-corrected chi connectivity index (χ1v) is 9.05. The number of hydrogen-bond acceptors (Lipinski definition) is 6. The van der Waals surface area contributed by atoms with Crippen LogP contribution in [-0.2, 0) is 11.0 Å². The number of rotatable bonds is 4. The number of thiophene rings is 1. The summed E-state index contributed by atoms with van der Waals surface area (Å²) in [7, 11) is 0. The van der Waals surface area contributed by atoms with E-state index in [0.717, 1.165) is 11.8 Å². The highest BCUT2D eigenvalue weighted by molar-refractivity contribution is 8.00. The lowest BCUT2D eigenvalue weighted by atomic mass is 10.2. The van der Waals surface area contributed by atoms with Gasteiger partial charge in [0.15, 0.2) is 0 Å². The van der Waals surface area contributed by atoms with Gasteiger partial charge in [-0.2, -0.15) is 13.2 Å². The van der Waals surface area contributed by atoms with Crippen molar-refractivity contribution in [2.75, 3.05) is 5.75 Å². The van der Waals surface area contributed by atoms with Gasteiger partial charge in [-0.15, -0.1) is 11.3 Å². The second kappa shape index (κ2) is 7.42. The molecule has 2 heterocycles. The highest BCUT2D eigenvalue weighted by Gasteiger charge is 2.35. The summed E-state index contributed by atoms with van der Waals surface area (Å²) >= 11 is 1.99. The van der Waals surface area contributed by atoms with Crippen LogP contribution < -0.4 is 5.32 Å². The molecule has 1 aromatic carbocycles. The zero-order valence-electron chi connectivity index (χ0n) is 12.9. The van der Waals surface area contributed by atoms with Crippen LogP contribution in [0.1, 0.15) is 15.5 Å². The number of amides is 2. The van der Waals surface area contributed by atoms with Gasteiger partial charge in [-0.25, -0.2) is 9.97 Å². The van der Waals surface area contributed by atoms with E-state index in [4.69, 9.17) is 0 Å². The number of benzene rings is 1. The third kappa shape index (κ3) is 4.20. The standard InChI is InChI=1S/C16H10F3N3O2S2/c17-16(18,19)15-20-10-5-2-1-4-9(10)14(22-15)26-8-12(23)21-13(24)11-6-3-7-25-11/h1-7H,8H2,(H,21,23,24). The van der Waals surface area contributed by atoms with Crippen molar-refractivity contribution < 1.29 is 22.8 Å². The van der Waals surface area contributed by atoms with Gasteiger partial charge < -0.3 is 0 Å². The van der Waals surface area contributed by atoms with Crippen LogP contribution in [0.25, 0.3) is 10.9 Å². The van der Waals surface area contributed by atoms with E-state index in [1.54, 1.807) is 35.7 Å². The molecule has 1 N–H and O–H groups in total. The summed E-state index contributed by atoms with van der Waals surface area (Å²) in [6.45, 7) is 0. The zero-order valence-corrected chi connectivity index (χ0v) is 14.5. The fraction of sp³-hybridized carbons (Fsp3) is 0.125. The zero-order chi connectivity index (χ0) is 18.7. The van der Waals surface area contributed by atoms with Crippen LogP contribution in [0, 0.1) is 0 Å². The maximum Gasteiger partial charge on any atom is 0.451 e. The minimum atomic E-state index is -4.70. The molecule has 2 amide bonds. The molecule has 5 nitrogen and oxygen atoms in total. The lowest BCUT2D eigenvalue weighted by molar-refractivity contribution is -0.145. The number of para-hydroxylation sites is 1. The molecule has 26 heavy (non-hydrogen) atoms. The number of carbonyl (C=O) groups is 2. The van der Waals surface area contributed by atoms with Gasteiger partial charge in [0.05, 0.1) is 16.1 Å². The second-order valence-electron chi connectivity index (χ2n) is 5.01. The SMILES string of the molecule is O=C(CSc1nc(C(F)(F)F)nc2ccccc12)NC(=O)c1cccs1. The van der Waals surface area contributed by atoms with Crippen molar-refractivity contribution in [3.8, 4) is 0 Å². The Morgan fingerprint density at radius 3 is 2.58 bits per heavy atom. The molecule has 0 bridgehead atoms. The largest absolute Gasteiger partial charge is 0.451 e. The Labute approximate surface area is 153 Å². The molecule has 3 rings (SSSR count). The Balaban J connectivity index is 1.77. The first-order valence-electron chi connectivity index (χ1n) is 7.19. The number of thioether (sulfide) groups is 1. The summed E-state index contributed by atoms with van der Waals surface area (Å²) in [6.07, 6.45) is -4.70. The Morgan fingerprint density at radius 1 is 1.12 bits per heavy atom. The fourth-order valence-corrected chi connectivity index (χ4v) is 3.49. The molecule has 0 aliphatic heterocycles. The summed E-state index contributed by atoms with van der Waals surface area (Å²) in [5, 5.41) is 4.32. The Kier molecular flexibility index (Phi) is 5.23. The van der Waals surface area contributed by atoms with Gasteiger partial charge in [0.1, 0.15) is 5.03 Å². The lowest BCUT2D eigenvalue weighted by Crippen LogP contribution is -2.31. The first kappa shape index (κ1) is 18.3. The molecule has 10 heteroatoms. The van der Waals surface area contributed by atoms with Crippen LogP contribution in [0.5, 0.6) is 0 Å². The average Bonchev–Trinajstić information content (AvgIpc) is 3.13. The third-order valence-electron chi connectivity index (χ3n) is 3.16. The molecular weight excluding hydrogens is 387 g/mol. The normalized spacial score (nSPS) is 11.5. The second-order valence-corrected chi connectivity index (χ2v) is 6.92. The highest BCUT2D eigenvalue weighted by atomic mass is 32.2. The van der Waals surface area contributed by atoms with E-state index < -0.39 is 23.8 Å². The Bertz CT molecular complexity index is 959. The van der Waals surface area contributed by atoms with E-state index in [1.165, 1.54) is 17.4 Å². The van der Waals surface area contributed by atoms with E-state index in [1.807, 2.05) is 0 Å². The van der Waals surface area contributed by atoms with Crippen molar-refractivity contribution in [3.63, 3.8) is 0 Å². The predicted molar refractivity (Wildman–Crippen MR) is 92.1 cm³/mol. The van der Waals surface area contributed by atoms with Crippen LogP contribution in [0.2, 0.25) is 0 Å². The van der Waals surface area contributed by atoms with Crippen molar-refractivity contribution in [3.05, 3.63) is 52.5 Å². The van der Waals surface area contributed by atoms with Gasteiger partial charge in [-0.05, 0) is 17.5 Å². The molecule has 0 unspecified atom stereocenters. The molecule has 3 aromatic rings. The van der Waals surface area contributed by atoms with E-state index in [0.29, 0.717) is 10.3 Å². The summed E-state index contributed by atoms with van der Waals surface area (Å²) in [5.41, 5.74) is 0.132. The van der Waals surface area contributed by atoms with Crippen molar-refractivity contribution in [1.82, 2.24) is 15.3 Å². The lowest BCUT2D eigenvalue weighted by Gasteiger charge is -2.10. The maximum absolute atomic E-state index is 13.0. The summed E-state index contributed by atoms with van der Waals surface area (Å²) in [6, 6.07) is 9.46. The molecule has 0 aliphatic carbocycles. The molecule has 134 valence electrons. The number of alkyl halides is 3. The van der Waals surface area contributed by atoms with Crippen molar-refractivity contribution >= 4 is 45.8 Å². The van der Waals surface area contributed by atoms with Gasteiger partial charge in [0.2, 0.25) is 11.7 Å². The van der Waals surface area contributed by atoms with Crippen molar-refractivity contribution in [2.24, 2.45) is 0 Å². The minimum absolute atomic E-state index is 0.0293. The monoisotopic (exact) mass is 397 g/mol. The van der Waals surface area contributed by atoms with Gasteiger partial charge in [0.25, 0.3) is 5.91 Å². The number of carbonyl (C=O) groups excluding carboxylic acids is 2. The molecule has 0 radical (unpaired) electrons. The van der Waals surface area contributed by atoms with Crippen molar-refractivity contribution in [1.29, 1.82) is 0 Å². The van der Waals surface area contributed by atoms with Gasteiger partial charge in [-0.3, -0.25) is 14.9 Å². The van der Waals surface area contributed by atoms with Gasteiger partial charge in [0, 0.05) is 5.39 Å². The molecular formula is C16H10F3N3O2S2. The van der Waals surface area contributed by atoms with Crippen LogP contribution in [-0.4, -0.2) is 27.5 Å². The molecule has 2 aromatic heterocycles. The van der Waals surface area contributed by atoms with E-state index in [9.17, 15) is 22.8 Å². The van der Waals surface area contributed by atoms with E-state index >= 15 is 0 Å². The fourth-order valence-electron chi connectivity index (χ4n) is 2.05. The molecule has 0 atom stereocenters. The molecule has 0 saturated heterocycles. The molecule has 0 fully saturated rings. The van der Waals surface area contributed by atoms with Crippen LogP contribution >= 0.6 is 23.1 Å². The predicted octanol–water partition coefficient (Wildman–Crippen LogP) is 3.76. The number of hydrogen-bond donors (Lipinski definition) is 1. The average molecular weight is 397 g/mol. The quantitative estimate of drug-likeness (QED) is 0.536. The smallest absolute Gasteiger partial charge is 0.291 e. The van der Waals surface area contributed by atoms with Crippen molar-refractivity contribution in [2.45, 2.75) is 11.2 Å². The van der Waals surface area contributed by atoms with E-state index in [2.05, 4.69) is 15.3 Å². The highest BCUT2D eigenvalue weighted by Crippen LogP contribution is 2.31. The van der Waals surface area contributed by atoms with E-state index in [-0.39, 0.29) is 16.3 Å². The van der Waals surface area contributed by atoms with Crippen LogP contribution in [0.15, 0.2) is 46.8 Å². The number of nitrogens with one attached hydrogen (secondary N) is 1. The maximum atomic E-state index is 13.0. The number of fused-ring (bicyclic) bond motifs is 1. The number of imide groups is 1. The Morgan fingerprint density at radius 2 is 1.88 bits per heavy atom. The Hall–Kier alpha value is -2.46. The topological polar surface area (TPSA) is 72.0 Å². The van der Waals surface area contributed by atoms with Gasteiger partial charge in [-0.1, -0.05) is 36.0 Å². The summed E-state index contributed by atoms with van der Waals surface area (Å²) in [4.78, 5) is 31.2. The molecule has 0 spiro atoms. The van der Waals surface area contributed by atoms with Gasteiger partial charge >= 0.3 is 6.18 Å². The molecule has 0 aliphatic rings. The number of halogens is 3. The summed E-state index contributed by atoms with van der Waals surface area (Å²) < 4.78 is 38.9. The van der Waals surface area contributed by atoms with Crippen LogP contribution in [0.3, 0.4) is 0 Å². The number of aromatic nitrogens is 2. The first-order chi connectivity index (χ1) is 12.3. The summed E-state index contributed by atoms with van der Waals surface area (Å²) in [5.74, 6) is -2.69. The minimum Gasteiger partial charge on any atom is -0.291 e. The van der Waals surface area contributed by atoms with Crippen LogP contribution in [0.4, 0.5) is 13.2 Å².